The van der Waals surface area contributed by atoms with Gasteiger partial charge in [0.15, 0.2) is 0 Å². The second kappa shape index (κ2) is 26.2. The Bertz CT molecular complexity index is 2340. The minimum atomic E-state index is -4.00. The summed E-state index contributed by atoms with van der Waals surface area (Å²) in [4.78, 5) is 14.3. The molecule has 4 aromatic carbocycles. The summed E-state index contributed by atoms with van der Waals surface area (Å²) in [5, 5.41) is 11.0. The van der Waals surface area contributed by atoms with Gasteiger partial charge in [-0.2, -0.15) is 16.8 Å². The van der Waals surface area contributed by atoms with E-state index in [1.807, 2.05) is 30.3 Å². The van der Waals surface area contributed by atoms with Crippen LogP contribution >= 0.6 is 57.1 Å². The van der Waals surface area contributed by atoms with Crippen molar-refractivity contribution in [1.29, 1.82) is 0 Å². The molecule has 0 radical (unpaired) electrons. The number of benzene rings is 4. The molecule has 2 atom stereocenters. The molecule has 0 spiro atoms. The smallest absolute Gasteiger partial charge is 0.350 e. The zero-order valence-corrected chi connectivity index (χ0v) is 42.5. The molecule has 11 nitrogen and oxygen atoms in total. The average Bonchev–Trinajstić information content (AvgIpc) is 3.26. The van der Waals surface area contributed by atoms with E-state index in [1.54, 1.807) is 12.1 Å². The lowest BCUT2D eigenvalue weighted by Crippen LogP contribution is -2.50. The first-order valence-electron chi connectivity index (χ1n) is 22.3. The maximum absolute atomic E-state index is 12.3. The molecule has 4 fully saturated rings. The topological polar surface area (TPSA) is 145 Å². The Morgan fingerprint density at radius 3 is 1.52 bits per heavy atom. The molecule has 4 aromatic rings. The predicted octanol–water partition coefficient (Wildman–Crippen LogP) is 11.0. The van der Waals surface area contributed by atoms with Crippen LogP contribution in [0.3, 0.4) is 0 Å². The molecule has 0 unspecified atom stereocenters. The first-order valence-corrected chi connectivity index (χ1v) is 27.9. The number of nitrogens with two attached hydrogens (primary N) is 1. The minimum absolute atomic E-state index is 0.194. The van der Waals surface area contributed by atoms with E-state index in [4.69, 9.17) is 56.3 Å². The fourth-order valence-corrected chi connectivity index (χ4v) is 11.0. The number of likely N-dealkylation sites (tertiary alicyclic amines) is 2. The highest BCUT2D eigenvalue weighted by Gasteiger charge is 2.42. The minimum Gasteiger partial charge on any atom is -0.385 e. The summed E-state index contributed by atoms with van der Waals surface area (Å²) >= 11 is 21.7. The molecule has 2 heterocycles. The van der Waals surface area contributed by atoms with Crippen molar-refractivity contribution in [3.8, 4) is 0 Å². The molecular formula is C48H61Cl5N6O5S2. The first kappa shape index (κ1) is 54.0. The van der Waals surface area contributed by atoms with Crippen molar-refractivity contribution in [2.45, 2.75) is 75.0 Å². The zero-order chi connectivity index (χ0) is 47.6. The summed E-state index contributed by atoms with van der Waals surface area (Å²) in [6.45, 7) is 8.15. The Kier molecular flexibility index (Phi) is 21.4. The van der Waals surface area contributed by atoms with Gasteiger partial charge in [-0.05, 0) is 136 Å². The number of anilines is 2. The number of nitrogens with one attached hydrogen (secondary N) is 1. The molecule has 18 heteroatoms. The number of isocyanates is 1. The summed E-state index contributed by atoms with van der Waals surface area (Å²) in [6.07, 6.45) is 13.2. The lowest BCUT2D eigenvalue weighted by atomic mass is 9.64. The molecule has 0 bridgehead atoms. The standard InChI is InChI=1S/C23H30ClN3O2S.C23H29ClN2.CH2Cl2.CClNO3S/c24-21-11-9-20(10-12-21)23(13-5-14-23)18-26-15-4-6-19(16-26)17-27(30(25,28)29)22-7-2-1-3-8-22;24-21-11-9-20(10-12-21)23(13-5-14-23)18-26-15-4-6-19(17-26)16-25-22-7-2-1-3-8-22;2-1-3;2-7(5,6)3-1-4/h1-3,7-12,19H,4-6,13-18H2,(H2,25,28,29);1-3,7-12,19,25H,4-6,13-18H2;1H2;/t2*19-;;/m10../s1. The van der Waals surface area contributed by atoms with Crippen LogP contribution in [0, 0.1) is 11.8 Å². The van der Waals surface area contributed by atoms with Gasteiger partial charge in [0.05, 0.1) is 11.0 Å². The van der Waals surface area contributed by atoms with E-state index in [2.05, 4.69) is 96.9 Å². The SMILES string of the molecule is ClCCl.Clc1ccc(C2(CN3CCC[C@@H](CNc4ccccc4)C3)CCC2)cc1.NS(=O)(=O)N(C[C@@H]1CCCN(CC2(c3ccc(Cl)cc3)CCC2)C1)c1ccccc1.O=C=NS(=O)(=O)Cl. The molecule has 2 aliphatic heterocycles. The Morgan fingerprint density at radius 1 is 0.682 bits per heavy atom. The molecule has 66 heavy (non-hydrogen) atoms. The maximum Gasteiger partial charge on any atom is 0.350 e. The van der Waals surface area contributed by atoms with Crippen LogP contribution in [0.1, 0.15) is 75.3 Å². The summed E-state index contributed by atoms with van der Waals surface area (Å²) in [6, 6.07) is 36.7. The van der Waals surface area contributed by atoms with Crippen LogP contribution in [0.4, 0.5) is 11.4 Å². The Labute approximate surface area is 416 Å². The van der Waals surface area contributed by atoms with Crippen molar-refractivity contribution in [1.82, 2.24) is 9.80 Å². The van der Waals surface area contributed by atoms with Crippen LogP contribution in [0.15, 0.2) is 114 Å². The molecular weight excluding hydrogens is 982 g/mol. The van der Waals surface area contributed by atoms with Crippen LogP contribution in [-0.2, 0) is 35.1 Å². The summed E-state index contributed by atoms with van der Waals surface area (Å²) < 4.78 is 47.2. The van der Waals surface area contributed by atoms with Gasteiger partial charge in [-0.25, -0.2) is 9.93 Å². The van der Waals surface area contributed by atoms with Crippen LogP contribution in [0.25, 0.3) is 0 Å². The number of hydrogen-bond donors (Lipinski definition) is 2. The molecule has 4 aliphatic rings. The van der Waals surface area contributed by atoms with Gasteiger partial charge in [0.25, 0.3) is 16.3 Å². The number of alkyl halides is 2. The van der Waals surface area contributed by atoms with E-state index < -0.39 is 19.4 Å². The van der Waals surface area contributed by atoms with E-state index in [0.717, 1.165) is 61.1 Å². The number of halogens is 5. The normalized spacial score (nSPS) is 20.1. The van der Waals surface area contributed by atoms with E-state index >= 15 is 0 Å². The monoisotopic (exact) mass is 1040 g/mol. The fourth-order valence-electron chi connectivity index (χ4n) is 9.70. The molecule has 2 saturated heterocycles. The number of hydrogen-bond acceptors (Lipinski definition) is 8. The second-order valence-electron chi connectivity index (χ2n) is 17.6. The van der Waals surface area contributed by atoms with Crippen molar-refractivity contribution in [2.75, 3.05) is 67.3 Å². The van der Waals surface area contributed by atoms with Gasteiger partial charge in [-0.1, -0.05) is 101 Å². The van der Waals surface area contributed by atoms with Crippen molar-refractivity contribution in [3.63, 3.8) is 0 Å². The van der Waals surface area contributed by atoms with Crippen molar-refractivity contribution in [3.05, 3.63) is 130 Å². The number of para-hydroxylation sites is 2. The first-order chi connectivity index (χ1) is 31.6. The zero-order valence-electron chi connectivity index (χ0n) is 37.1. The third-order valence-corrected chi connectivity index (χ3v) is 15.1. The van der Waals surface area contributed by atoms with Crippen LogP contribution in [0.2, 0.25) is 10.0 Å². The van der Waals surface area contributed by atoms with Gasteiger partial charge in [-0.3, -0.25) is 4.31 Å². The number of piperidine rings is 2. The Hall–Kier alpha value is -2.91. The third kappa shape index (κ3) is 16.9. The van der Waals surface area contributed by atoms with Gasteiger partial charge in [-0.15, -0.1) is 23.2 Å². The van der Waals surface area contributed by atoms with Crippen LogP contribution in [0.5, 0.6) is 0 Å². The van der Waals surface area contributed by atoms with Crippen LogP contribution in [-0.4, -0.2) is 90.4 Å². The second-order valence-corrected chi connectivity index (χ2v) is 23.0. The summed E-state index contributed by atoms with van der Waals surface area (Å²) in [5.74, 6) is 1.01. The van der Waals surface area contributed by atoms with Crippen molar-refractivity contribution >= 4 is 94.0 Å². The average molecular weight is 1040 g/mol. The molecule has 0 amide bonds. The lowest BCUT2D eigenvalue weighted by Gasteiger charge is -2.47. The van der Waals surface area contributed by atoms with E-state index in [1.165, 1.54) is 92.1 Å². The van der Waals surface area contributed by atoms with Gasteiger partial charge >= 0.3 is 9.24 Å². The molecule has 360 valence electrons. The highest BCUT2D eigenvalue weighted by molar-refractivity contribution is 8.12. The quantitative estimate of drug-likeness (QED) is 0.0550. The number of nitrogens with zero attached hydrogens (tertiary/aromatic N) is 4. The fraction of sp³-hybridized carbons (Fsp3) is 0.479. The summed E-state index contributed by atoms with van der Waals surface area (Å²) in [7, 11) is -3.43. The van der Waals surface area contributed by atoms with E-state index in [-0.39, 0.29) is 16.7 Å². The number of rotatable bonds is 14. The largest absolute Gasteiger partial charge is 0.385 e. The van der Waals surface area contributed by atoms with E-state index in [9.17, 15) is 16.8 Å². The Morgan fingerprint density at radius 2 is 1.12 bits per heavy atom. The van der Waals surface area contributed by atoms with Crippen molar-refractivity contribution in [2.24, 2.45) is 21.4 Å². The van der Waals surface area contributed by atoms with Gasteiger partial charge < -0.3 is 15.1 Å². The van der Waals surface area contributed by atoms with Gasteiger partial charge in [0.2, 0.25) is 0 Å². The highest BCUT2D eigenvalue weighted by atomic mass is 35.7. The van der Waals surface area contributed by atoms with Crippen LogP contribution < -0.4 is 14.8 Å². The third-order valence-electron chi connectivity index (χ3n) is 13.1. The van der Waals surface area contributed by atoms with Crippen molar-refractivity contribution < 1.29 is 21.6 Å². The maximum atomic E-state index is 12.3. The predicted molar refractivity (Wildman–Crippen MR) is 274 cm³/mol. The molecule has 0 aromatic heterocycles. The molecule has 2 aliphatic carbocycles. The Balaban J connectivity index is 0.000000207. The lowest BCUT2D eigenvalue weighted by molar-refractivity contribution is 0.101. The summed E-state index contributed by atoms with van der Waals surface area (Å²) in [5.41, 5.74) is 5.29. The molecule has 2 saturated carbocycles. The van der Waals surface area contributed by atoms with Gasteiger partial charge in [0, 0.05) is 76.5 Å². The van der Waals surface area contributed by atoms with E-state index in [0.29, 0.717) is 17.6 Å². The highest BCUT2D eigenvalue weighted by Crippen LogP contribution is 2.46. The van der Waals surface area contributed by atoms with Gasteiger partial charge in [0.1, 0.15) is 0 Å². The number of carbonyl (C=O) groups excluding carboxylic acids is 1. The molecule has 8 rings (SSSR count). The molecule has 3 N–H and O–H groups in total.